The van der Waals surface area contributed by atoms with Gasteiger partial charge in [-0.05, 0) is 37.1 Å². The quantitative estimate of drug-likeness (QED) is 0.698. The first kappa shape index (κ1) is 12.9. The zero-order valence-electron chi connectivity index (χ0n) is 10.4. The smallest absolute Gasteiger partial charge is 0.251 e. The molecule has 0 heterocycles. The van der Waals surface area contributed by atoms with Crippen LogP contribution in [0, 0.1) is 0 Å². The van der Waals surface area contributed by atoms with Crippen LogP contribution in [0.3, 0.4) is 0 Å². The summed E-state index contributed by atoms with van der Waals surface area (Å²) in [4.78, 5) is 12.0. The number of hydrogen-bond donors (Lipinski definition) is 3. The van der Waals surface area contributed by atoms with E-state index in [9.17, 15) is 9.90 Å². The molecule has 4 heteroatoms. The fourth-order valence-corrected chi connectivity index (χ4v) is 2.38. The maximum atomic E-state index is 12.0. The molecule has 1 fully saturated rings. The summed E-state index contributed by atoms with van der Waals surface area (Å²) in [7, 11) is 0. The van der Waals surface area contributed by atoms with E-state index in [-0.39, 0.29) is 23.7 Å². The zero-order chi connectivity index (χ0) is 13.0. The Morgan fingerprint density at radius 2 is 1.83 bits per heavy atom. The number of hydrogen-bond acceptors (Lipinski definition) is 3. The Kier molecular flexibility index (Phi) is 4.20. The van der Waals surface area contributed by atoms with Crippen LogP contribution in [0.5, 0.6) is 5.75 Å². The van der Waals surface area contributed by atoms with E-state index >= 15 is 0 Å². The van der Waals surface area contributed by atoms with Gasteiger partial charge in [0.25, 0.3) is 5.91 Å². The average molecular weight is 248 g/mol. The van der Waals surface area contributed by atoms with Crippen molar-refractivity contribution < 1.29 is 9.90 Å². The number of rotatable bonds is 2. The lowest BCUT2D eigenvalue weighted by atomic mass is 10.0. The Morgan fingerprint density at radius 1 is 1.17 bits per heavy atom. The first-order chi connectivity index (χ1) is 8.66. The van der Waals surface area contributed by atoms with Crippen molar-refractivity contribution >= 4 is 5.91 Å². The molecular weight excluding hydrogens is 228 g/mol. The minimum atomic E-state index is -0.114. The number of nitrogens with one attached hydrogen (secondary N) is 1. The van der Waals surface area contributed by atoms with E-state index in [4.69, 9.17) is 5.73 Å². The minimum Gasteiger partial charge on any atom is -0.508 e. The molecule has 1 aromatic rings. The fraction of sp³-hybridized carbons (Fsp3) is 0.500. The third-order valence-corrected chi connectivity index (χ3v) is 3.52. The average Bonchev–Trinajstić information content (AvgIpc) is 2.56. The van der Waals surface area contributed by atoms with E-state index in [1.807, 2.05) is 0 Å². The Bertz CT molecular complexity index is 403. The van der Waals surface area contributed by atoms with Gasteiger partial charge in [-0.25, -0.2) is 0 Å². The van der Waals surface area contributed by atoms with Crippen LogP contribution >= 0.6 is 0 Å². The Labute approximate surface area is 107 Å². The summed E-state index contributed by atoms with van der Waals surface area (Å²) >= 11 is 0. The normalized spacial score (nSPS) is 24.3. The molecule has 1 aliphatic carbocycles. The Morgan fingerprint density at radius 3 is 2.56 bits per heavy atom. The number of amides is 1. The summed E-state index contributed by atoms with van der Waals surface area (Å²) in [5.41, 5.74) is 6.63. The lowest BCUT2D eigenvalue weighted by Crippen LogP contribution is -2.46. The molecule has 0 spiro atoms. The number of benzene rings is 1. The van der Waals surface area contributed by atoms with Crippen LogP contribution < -0.4 is 11.1 Å². The molecule has 2 unspecified atom stereocenters. The summed E-state index contributed by atoms with van der Waals surface area (Å²) in [6.45, 7) is 0. The van der Waals surface area contributed by atoms with Crippen LogP contribution in [0.4, 0.5) is 0 Å². The predicted octanol–water partition coefficient (Wildman–Crippen LogP) is 1.78. The van der Waals surface area contributed by atoms with Crippen molar-refractivity contribution in [1.82, 2.24) is 5.32 Å². The SMILES string of the molecule is NC1CCCCCC1NC(=O)c1ccc(O)cc1. The zero-order valence-corrected chi connectivity index (χ0v) is 10.4. The topological polar surface area (TPSA) is 75.3 Å². The van der Waals surface area contributed by atoms with Crippen molar-refractivity contribution in [3.63, 3.8) is 0 Å². The molecule has 2 rings (SSSR count). The molecular formula is C14H20N2O2. The van der Waals surface area contributed by atoms with Gasteiger partial charge in [-0.2, -0.15) is 0 Å². The van der Waals surface area contributed by atoms with E-state index in [1.165, 1.54) is 18.6 Å². The van der Waals surface area contributed by atoms with Gasteiger partial charge in [0.2, 0.25) is 0 Å². The molecule has 0 radical (unpaired) electrons. The van der Waals surface area contributed by atoms with Crippen molar-refractivity contribution in [1.29, 1.82) is 0 Å². The van der Waals surface area contributed by atoms with Crippen LogP contribution in [-0.4, -0.2) is 23.1 Å². The summed E-state index contributed by atoms with van der Waals surface area (Å²) in [5.74, 6) is 0.0510. The van der Waals surface area contributed by atoms with E-state index in [2.05, 4.69) is 5.32 Å². The fourth-order valence-electron chi connectivity index (χ4n) is 2.38. The molecule has 1 saturated carbocycles. The molecule has 4 N–H and O–H groups in total. The van der Waals surface area contributed by atoms with E-state index < -0.39 is 0 Å². The van der Waals surface area contributed by atoms with Crippen molar-refractivity contribution in [3.8, 4) is 5.75 Å². The Balaban J connectivity index is 1.99. The van der Waals surface area contributed by atoms with E-state index in [0.29, 0.717) is 5.56 Å². The second-order valence-corrected chi connectivity index (χ2v) is 4.93. The van der Waals surface area contributed by atoms with Crippen LogP contribution in [0.25, 0.3) is 0 Å². The standard InChI is InChI=1S/C14H20N2O2/c15-12-4-2-1-3-5-13(12)16-14(18)10-6-8-11(17)9-7-10/h6-9,12-13,17H,1-5,15H2,(H,16,18). The van der Waals surface area contributed by atoms with Gasteiger partial charge in [-0.3, -0.25) is 4.79 Å². The molecule has 98 valence electrons. The van der Waals surface area contributed by atoms with Gasteiger partial charge in [0.15, 0.2) is 0 Å². The highest BCUT2D eigenvalue weighted by Gasteiger charge is 2.22. The third kappa shape index (κ3) is 3.23. The molecule has 0 aromatic heterocycles. The summed E-state index contributed by atoms with van der Waals surface area (Å²) in [6, 6.07) is 6.38. The maximum absolute atomic E-state index is 12.0. The van der Waals surface area contributed by atoms with Gasteiger partial charge in [0, 0.05) is 17.6 Å². The second kappa shape index (κ2) is 5.87. The van der Waals surface area contributed by atoms with Gasteiger partial charge >= 0.3 is 0 Å². The molecule has 2 atom stereocenters. The van der Waals surface area contributed by atoms with Crippen LogP contribution in [0.2, 0.25) is 0 Å². The van der Waals surface area contributed by atoms with Gasteiger partial charge in [-0.1, -0.05) is 19.3 Å². The molecule has 1 aliphatic rings. The highest BCUT2D eigenvalue weighted by atomic mass is 16.3. The summed E-state index contributed by atoms with van der Waals surface area (Å²) < 4.78 is 0. The molecule has 1 amide bonds. The lowest BCUT2D eigenvalue weighted by Gasteiger charge is -2.22. The molecule has 0 bridgehead atoms. The number of carbonyl (C=O) groups is 1. The number of aromatic hydroxyl groups is 1. The second-order valence-electron chi connectivity index (χ2n) is 4.93. The molecule has 0 aliphatic heterocycles. The Hall–Kier alpha value is -1.55. The third-order valence-electron chi connectivity index (χ3n) is 3.52. The highest BCUT2D eigenvalue weighted by Crippen LogP contribution is 2.17. The molecule has 0 saturated heterocycles. The van der Waals surface area contributed by atoms with E-state index in [0.717, 1.165) is 25.7 Å². The van der Waals surface area contributed by atoms with Gasteiger partial charge in [0.05, 0.1) is 0 Å². The van der Waals surface area contributed by atoms with Crippen molar-refractivity contribution in [2.75, 3.05) is 0 Å². The first-order valence-electron chi connectivity index (χ1n) is 6.52. The molecule has 18 heavy (non-hydrogen) atoms. The predicted molar refractivity (Wildman–Crippen MR) is 70.4 cm³/mol. The van der Waals surface area contributed by atoms with Crippen molar-refractivity contribution in [3.05, 3.63) is 29.8 Å². The van der Waals surface area contributed by atoms with Crippen LogP contribution in [0.1, 0.15) is 42.5 Å². The molecule has 4 nitrogen and oxygen atoms in total. The summed E-state index contributed by atoms with van der Waals surface area (Å²) in [5, 5.41) is 12.2. The van der Waals surface area contributed by atoms with Gasteiger partial charge in [0.1, 0.15) is 5.75 Å². The number of phenols is 1. The van der Waals surface area contributed by atoms with Gasteiger partial charge in [-0.15, -0.1) is 0 Å². The number of nitrogens with two attached hydrogens (primary N) is 1. The highest BCUT2D eigenvalue weighted by molar-refractivity contribution is 5.94. The maximum Gasteiger partial charge on any atom is 0.251 e. The van der Waals surface area contributed by atoms with Crippen molar-refractivity contribution in [2.45, 2.75) is 44.2 Å². The van der Waals surface area contributed by atoms with Crippen LogP contribution in [-0.2, 0) is 0 Å². The van der Waals surface area contributed by atoms with Crippen LogP contribution in [0.15, 0.2) is 24.3 Å². The summed E-state index contributed by atoms with van der Waals surface area (Å²) in [6.07, 6.45) is 5.38. The van der Waals surface area contributed by atoms with E-state index in [1.54, 1.807) is 12.1 Å². The minimum absolute atomic E-state index is 0.0496. The first-order valence-corrected chi connectivity index (χ1v) is 6.52. The van der Waals surface area contributed by atoms with Gasteiger partial charge < -0.3 is 16.2 Å². The number of phenolic OH excluding ortho intramolecular Hbond substituents is 1. The lowest BCUT2D eigenvalue weighted by molar-refractivity contribution is 0.0929. The van der Waals surface area contributed by atoms with Crippen molar-refractivity contribution in [2.24, 2.45) is 5.73 Å². The molecule has 1 aromatic carbocycles. The number of carbonyl (C=O) groups excluding carboxylic acids is 1. The monoisotopic (exact) mass is 248 g/mol. The largest absolute Gasteiger partial charge is 0.508 e.